The zero-order valence-corrected chi connectivity index (χ0v) is 13.5. The average Bonchev–Trinajstić information content (AvgIpc) is 2.43. The summed E-state index contributed by atoms with van der Waals surface area (Å²) in [5, 5.41) is 20.0. The van der Waals surface area contributed by atoms with Crippen LogP contribution < -0.4 is 4.74 Å². The number of para-hydroxylation sites is 1. The molecular weight excluding hydrogens is 413 g/mol. The Morgan fingerprint density at radius 1 is 1.24 bits per heavy atom. The minimum absolute atomic E-state index is 0.129. The molecule has 0 aromatic heterocycles. The Morgan fingerprint density at radius 2 is 1.86 bits per heavy atom. The lowest BCUT2D eigenvalue weighted by molar-refractivity contribution is -0.385. The molecule has 0 aliphatic rings. The smallest absolute Gasteiger partial charge is 0.271 e. The Morgan fingerprint density at radius 3 is 2.38 bits per heavy atom. The number of benzene rings is 2. The van der Waals surface area contributed by atoms with Crippen LogP contribution in [0.15, 0.2) is 39.3 Å². The largest absolute Gasteiger partial charge is 0.452 e. The summed E-state index contributed by atoms with van der Waals surface area (Å²) in [6.07, 6.45) is 0. The summed E-state index contributed by atoms with van der Waals surface area (Å²) >= 11 is 6.30. The lowest BCUT2D eigenvalue weighted by Gasteiger charge is -2.13. The summed E-state index contributed by atoms with van der Waals surface area (Å²) in [6.45, 7) is -0.394. The van der Waals surface area contributed by atoms with Crippen molar-refractivity contribution < 1.29 is 19.2 Å². The van der Waals surface area contributed by atoms with Gasteiger partial charge in [0.2, 0.25) is 0 Å². The molecule has 0 aliphatic carbocycles. The predicted octanol–water partition coefficient (Wildman–Crippen LogP) is 4.54. The minimum Gasteiger partial charge on any atom is -0.452 e. The van der Waals surface area contributed by atoms with Gasteiger partial charge in [0.25, 0.3) is 5.69 Å². The zero-order valence-electron chi connectivity index (χ0n) is 10.3. The molecule has 0 saturated carbocycles. The van der Waals surface area contributed by atoms with E-state index in [0.717, 1.165) is 0 Å². The summed E-state index contributed by atoms with van der Waals surface area (Å²) in [6, 6.07) is 6.67. The van der Waals surface area contributed by atoms with Crippen molar-refractivity contribution in [1.29, 1.82) is 0 Å². The summed E-state index contributed by atoms with van der Waals surface area (Å²) in [4.78, 5) is 10.2. The van der Waals surface area contributed by atoms with Crippen molar-refractivity contribution in [2.45, 2.75) is 6.61 Å². The molecule has 2 aromatic carbocycles. The first-order valence-electron chi connectivity index (χ1n) is 5.63. The number of nitrogens with zero attached hydrogens (tertiary/aromatic N) is 1. The molecule has 0 spiro atoms. The molecule has 0 saturated heterocycles. The molecule has 0 fully saturated rings. The summed E-state index contributed by atoms with van der Waals surface area (Å²) in [5.41, 5.74) is 0.129. The van der Waals surface area contributed by atoms with Gasteiger partial charge in [0.1, 0.15) is 0 Å². The van der Waals surface area contributed by atoms with Gasteiger partial charge in [-0.3, -0.25) is 10.1 Å². The van der Waals surface area contributed by atoms with E-state index in [1.807, 2.05) is 0 Å². The highest BCUT2D eigenvalue weighted by Gasteiger charge is 2.18. The fourth-order valence-corrected chi connectivity index (χ4v) is 2.97. The van der Waals surface area contributed by atoms with Crippen molar-refractivity contribution in [3.63, 3.8) is 0 Å². The first-order valence-corrected chi connectivity index (χ1v) is 7.22. The SMILES string of the molecule is O=[N+]([O-])c1cc(Br)c(Oc2c(F)cccc2CO)c(Br)c1. The third-order valence-corrected chi connectivity index (χ3v) is 3.79. The van der Waals surface area contributed by atoms with E-state index in [-0.39, 0.29) is 31.7 Å². The van der Waals surface area contributed by atoms with Gasteiger partial charge in [-0.2, -0.15) is 0 Å². The number of nitro benzene ring substituents is 1. The molecule has 0 atom stereocenters. The van der Waals surface area contributed by atoms with Crippen LogP contribution in [0.4, 0.5) is 10.1 Å². The maximum atomic E-state index is 13.8. The van der Waals surface area contributed by atoms with Crippen molar-refractivity contribution in [3.8, 4) is 11.5 Å². The van der Waals surface area contributed by atoms with Gasteiger partial charge in [-0.25, -0.2) is 4.39 Å². The van der Waals surface area contributed by atoms with Gasteiger partial charge in [0.15, 0.2) is 17.3 Å². The molecule has 0 aliphatic heterocycles. The van der Waals surface area contributed by atoms with Crippen LogP contribution in [0.25, 0.3) is 0 Å². The van der Waals surface area contributed by atoms with E-state index >= 15 is 0 Å². The van der Waals surface area contributed by atoms with Crippen molar-refractivity contribution in [2.75, 3.05) is 0 Å². The molecule has 110 valence electrons. The second-order valence-corrected chi connectivity index (χ2v) is 5.69. The molecule has 0 amide bonds. The minimum atomic E-state index is -0.640. The lowest BCUT2D eigenvalue weighted by Crippen LogP contribution is -1.97. The second kappa shape index (κ2) is 6.50. The Labute approximate surface area is 135 Å². The van der Waals surface area contributed by atoms with E-state index in [0.29, 0.717) is 0 Å². The standard InChI is InChI=1S/C13H8Br2FNO4/c14-9-4-8(17(19)20)5-10(15)13(9)21-12-7(6-18)2-1-3-11(12)16/h1-5,18H,6H2. The van der Waals surface area contributed by atoms with Gasteiger partial charge in [0.05, 0.1) is 20.5 Å². The fraction of sp³-hybridized carbons (Fsp3) is 0.0769. The first-order chi connectivity index (χ1) is 9.93. The van der Waals surface area contributed by atoms with E-state index in [4.69, 9.17) is 4.74 Å². The number of rotatable bonds is 4. The van der Waals surface area contributed by atoms with Crippen molar-refractivity contribution in [2.24, 2.45) is 0 Å². The number of ether oxygens (including phenoxy) is 1. The van der Waals surface area contributed by atoms with E-state index < -0.39 is 17.3 Å². The molecule has 8 heteroatoms. The van der Waals surface area contributed by atoms with Gasteiger partial charge in [-0.1, -0.05) is 12.1 Å². The normalized spacial score (nSPS) is 10.5. The number of halogens is 3. The van der Waals surface area contributed by atoms with Gasteiger partial charge < -0.3 is 9.84 Å². The highest BCUT2D eigenvalue weighted by Crippen LogP contribution is 2.41. The molecule has 2 aromatic rings. The second-order valence-electron chi connectivity index (χ2n) is 3.98. The maximum absolute atomic E-state index is 13.8. The maximum Gasteiger partial charge on any atom is 0.271 e. The summed E-state index contributed by atoms with van der Waals surface area (Å²) in [5.74, 6) is -0.589. The molecule has 0 unspecified atom stereocenters. The topological polar surface area (TPSA) is 72.6 Å². The molecule has 21 heavy (non-hydrogen) atoms. The van der Waals surface area contributed by atoms with Crippen LogP contribution in [0.3, 0.4) is 0 Å². The van der Waals surface area contributed by atoms with E-state index in [1.54, 1.807) is 0 Å². The zero-order chi connectivity index (χ0) is 15.6. The summed E-state index contributed by atoms with van der Waals surface area (Å²) < 4.78 is 19.9. The predicted molar refractivity (Wildman–Crippen MR) is 80.9 cm³/mol. The first kappa shape index (κ1) is 15.9. The molecule has 0 radical (unpaired) electrons. The van der Waals surface area contributed by atoms with Crippen LogP contribution in [-0.4, -0.2) is 10.0 Å². The monoisotopic (exact) mass is 419 g/mol. The fourth-order valence-electron chi connectivity index (χ4n) is 1.64. The van der Waals surface area contributed by atoms with Gasteiger partial charge in [-0.15, -0.1) is 0 Å². The molecule has 0 heterocycles. The van der Waals surface area contributed by atoms with E-state index in [9.17, 15) is 19.6 Å². The molecule has 2 rings (SSSR count). The molecule has 0 bridgehead atoms. The van der Waals surface area contributed by atoms with Crippen LogP contribution in [0, 0.1) is 15.9 Å². The Bertz CT molecular complexity index is 686. The van der Waals surface area contributed by atoms with Crippen molar-refractivity contribution in [1.82, 2.24) is 0 Å². The number of nitro groups is 1. The highest BCUT2D eigenvalue weighted by molar-refractivity contribution is 9.11. The van der Waals surface area contributed by atoms with Gasteiger partial charge >= 0.3 is 0 Å². The van der Waals surface area contributed by atoms with Gasteiger partial charge in [0, 0.05) is 17.7 Å². The highest BCUT2D eigenvalue weighted by atomic mass is 79.9. The van der Waals surface area contributed by atoms with Crippen molar-refractivity contribution >= 4 is 37.5 Å². The molecule has 1 N–H and O–H groups in total. The van der Waals surface area contributed by atoms with E-state index in [1.165, 1.54) is 30.3 Å². The molecular formula is C13H8Br2FNO4. The lowest BCUT2D eigenvalue weighted by atomic mass is 10.2. The van der Waals surface area contributed by atoms with Crippen LogP contribution in [0.1, 0.15) is 5.56 Å². The molecule has 5 nitrogen and oxygen atoms in total. The van der Waals surface area contributed by atoms with E-state index in [2.05, 4.69) is 31.9 Å². The van der Waals surface area contributed by atoms with Crippen LogP contribution in [0.5, 0.6) is 11.5 Å². The third kappa shape index (κ3) is 3.39. The Balaban J connectivity index is 2.48. The van der Waals surface area contributed by atoms with Crippen molar-refractivity contribution in [3.05, 3.63) is 60.8 Å². The average molecular weight is 421 g/mol. The Hall–Kier alpha value is -1.51. The number of non-ortho nitro benzene ring substituents is 1. The van der Waals surface area contributed by atoms with Crippen LogP contribution in [0.2, 0.25) is 0 Å². The summed E-state index contributed by atoms with van der Waals surface area (Å²) in [7, 11) is 0. The quantitative estimate of drug-likeness (QED) is 0.582. The number of aliphatic hydroxyl groups is 1. The number of hydrogen-bond acceptors (Lipinski definition) is 4. The van der Waals surface area contributed by atoms with Crippen LogP contribution >= 0.6 is 31.9 Å². The number of aliphatic hydroxyl groups excluding tert-OH is 1. The van der Waals surface area contributed by atoms with Gasteiger partial charge in [-0.05, 0) is 37.9 Å². The third-order valence-electron chi connectivity index (χ3n) is 2.62. The Kier molecular flexibility index (Phi) is 4.92. The van der Waals surface area contributed by atoms with Crippen LogP contribution in [-0.2, 0) is 6.61 Å². The number of hydrogen-bond donors (Lipinski definition) is 1.